The summed E-state index contributed by atoms with van der Waals surface area (Å²) in [4.78, 5) is 26.2. The molecule has 0 unspecified atom stereocenters. The highest BCUT2D eigenvalue weighted by atomic mass is 32.2. The maximum absolute atomic E-state index is 13.7. The molecule has 0 aliphatic heterocycles. The quantitative estimate of drug-likeness (QED) is 0.372. The van der Waals surface area contributed by atoms with E-state index in [1.165, 1.54) is 13.2 Å². The van der Waals surface area contributed by atoms with Crippen LogP contribution in [0.1, 0.15) is 67.8 Å². The van der Waals surface area contributed by atoms with Crippen LogP contribution in [0.4, 0.5) is 18.9 Å². The standard InChI is InChI=1S/C31H37F3N2O6S/c1-17-7-11-22(12-8-17)42-25-16-24(26(41-3)13-18(25)2)29(37)36-28-20-10-9-19(14-20)27(28)30(38)35-21-5-4-6-23(15-21)43(39,40)31(32,33)34/h4-6,13,15-17,19-20,22,27-28H,7-12,14H2,1-3H3,(H,35,38)(H,36,37)/t17-,19-,20+,22+,27+,28-/m1/s1. The Balaban J connectivity index is 1.34. The Hall–Kier alpha value is -3.28. The van der Waals surface area contributed by atoms with Crippen LogP contribution in [0.25, 0.3) is 0 Å². The molecule has 0 heterocycles. The van der Waals surface area contributed by atoms with Crippen LogP contribution in [0.5, 0.6) is 11.5 Å². The molecule has 4 atom stereocenters. The van der Waals surface area contributed by atoms with E-state index in [-0.39, 0.29) is 23.6 Å². The Kier molecular flexibility index (Phi) is 8.70. The fraction of sp³-hybridized carbons (Fsp3) is 0.548. The van der Waals surface area contributed by atoms with Gasteiger partial charge in [-0.3, -0.25) is 9.59 Å². The summed E-state index contributed by atoms with van der Waals surface area (Å²) < 4.78 is 74.8. The molecule has 8 nitrogen and oxygen atoms in total. The van der Waals surface area contributed by atoms with Gasteiger partial charge in [0.05, 0.1) is 29.6 Å². The lowest BCUT2D eigenvalue weighted by Gasteiger charge is -2.31. The van der Waals surface area contributed by atoms with Gasteiger partial charge < -0.3 is 20.1 Å². The Labute approximate surface area is 249 Å². The summed E-state index contributed by atoms with van der Waals surface area (Å²) in [6, 6.07) is 7.06. The number of hydrogen-bond donors (Lipinski definition) is 2. The number of anilines is 1. The van der Waals surface area contributed by atoms with Gasteiger partial charge >= 0.3 is 5.51 Å². The van der Waals surface area contributed by atoms with Crippen LogP contribution in [-0.4, -0.2) is 45.0 Å². The molecule has 12 heteroatoms. The largest absolute Gasteiger partial charge is 0.501 e. The van der Waals surface area contributed by atoms with Crippen molar-refractivity contribution in [3.05, 3.63) is 47.5 Å². The van der Waals surface area contributed by atoms with Crippen molar-refractivity contribution in [2.75, 3.05) is 12.4 Å². The number of nitrogens with one attached hydrogen (secondary N) is 2. The van der Waals surface area contributed by atoms with Crippen LogP contribution < -0.4 is 20.1 Å². The molecule has 5 rings (SSSR count). The Morgan fingerprint density at radius 3 is 2.33 bits per heavy atom. The molecule has 0 saturated heterocycles. The molecule has 43 heavy (non-hydrogen) atoms. The van der Waals surface area contributed by atoms with Crippen LogP contribution >= 0.6 is 0 Å². The Morgan fingerprint density at radius 2 is 1.65 bits per heavy atom. The first-order valence-electron chi connectivity index (χ1n) is 14.7. The summed E-state index contributed by atoms with van der Waals surface area (Å²) >= 11 is 0. The minimum absolute atomic E-state index is 0.0232. The molecule has 3 aliphatic carbocycles. The number of halogens is 3. The van der Waals surface area contributed by atoms with Crippen LogP contribution in [0.3, 0.4) is 0 Å². The molecule has 3 saturated carbocycles. The predicted octanol–water partition coefficient (Wildman–Crippen LogP) is 6.04. The SMILES string of the molecule is COc1cc(C)c(O[C@H]2CC[C@@H](C)CC2)cc1C(=O)N[C@@H]1[C@H]2CC[C@H](C2)[C@@H]1C(=O)Nc1cccc(S(=O)(=O)C(F)(F)F)c1. The maximum Gasteiger partial charge on any atom is 0.501 e. The van der Waals surface area contributed by atoms with Gasteiger partial charge in [0, 0.05) is 11.7 Å². The zero-order valence-corrected chi connectivity index (χ0v) is 25.2. The lowest BCUT2D eigenvalue weighted by atomic mass is 9.83. The van der Waals surface area contributed by atoms with Gasteiger partial charge in [-0.05, 0) is 106 Å². The fourth-order valence-corrected chi connectivity index (χ4v) is 7.67. The van der Waals surface area contributed by atoms with Gasteiger partial charge in [-0.2, -0.15) is 13.2 Å². The number of alkyl halides is 3. The highest BCUT2D eigenvalue weighted by Crippen LogP contribution is 2.49. The van der Waals surface area contributed by atoms with Crippen molar-refractivity contribution in [3.63, 3.8) is 0 Å². The first-order valence-corrected chi connectivity index (χ1v) is 16.1. The lowest BCUT2D eigenvalue weighted by Crippen LogP contribution is -2.48. The van der Waals surface area contributed by atoms with Crippen molar-refractivity contribution in [2.45, 2.75) is 81.3 Å². The number of benzene rings is 2. The van der Waals surface area contributed by atoms with E-state index in [1.807, 2.05) is 6.92 Å². The first kappa shape index (κ1) is 31.2. The number of fused-ring (bicyclic) bond motifs is 2. The van der Waals surface area contributed by atoms with Gasteiger partial charge in [0.2, 0.25) is 5.91 Å². The van der Waals surface area contributed by atoms with Gasteiger partial charge in [-0.1, -0.05) is 13.0 Å². The highest BCUT2D eigenvalue weighted by molar-refractivity contribution is 7.92. The van der Waals surface area contributed by atoms with E-state index >= 15 is 0 Å². The molecule has 0 spiro atoms. The van der Waals surface area contributed by atoms with Gasteiger partial charge in [-0.15, -0.1) is 0 Å². The summed E-state index contributed by atoms with van der Waals surface area (Å²) in [6.45, 7) is 4.13. The first-order chi connectivity index (χ1) is 20.3. The normalized spacial score (nSPS) is 27.0. The molecule has 0 radical (unpaired) electrons. The number of carbonyl (C=O) groups excluding carboxylic acids is 2. The average Bonchev–Trinajstić information content (AvgIpc) is 3.56. The molecular formula is C31H37F3N2O6S. The van der Waals surface area contributed by atoms with Crippen LogP contribution in [-0.2, 0) is 14.6 Å². The maximum atomic E-state index is 13.7. The summed E-state index contributed by atoms with van der Waals surface area (Å²) in [7, 11) is -4.09. The average molecular weight is 623 g/mol. The van der Waals surface area contributed by atoms with Gasteiger partial charge in [-0.25, -0.2) is 8.42 Å². The molecule has 234 valence electrons. The van der Waals surface area contributed by atoms with Crippen LogP contribution in [0.2, 0.25) is 0 Å². The lowest BCUT2D eigenvalue weighted by molar-refractivity contribution is -0.122. The minimum Gasteiger partial charge on any atom is -0.496 e. The molecule has 2 aromatic rings. The number of sulfone groups is 1. The molecule has 2 amide bonds. The predicted molar refractivity (Wildman–Crippen MR) is 154 cm³/mol. The number of carbonyl (C=O) groups is 2. The van der Waals surface area contributed by atoms with E-state index in [1.54, 1.807) is 12.1 Å². The Morgan fingerprint density at radius 1 is 0.953 bits per heavy atom. The highest BCUT2D eigenvalue weighted by Gasteiger charge is 2.52. The van der Waals surface area contributed by atoms with Gasteiger partial charge in [0.1, 0.15) is 11.5 Å². The number of aryl methyl sites for hydroxylation is 1. The second kappa shape index (κ2) is 12.0. The van der Waals surface area contributed by atoms with Crippen molar-refractivity contribution < 1.29 is 40.7 Å². The van der Waals surface area contributed by atoms with Crippen molar-refractivity contribution in [1.29, 1.82) is 0 Å². The monoisotopic (exact) mass is 622 g/mol. The molecule has 0 aromatic heterocycles. The third kappa shape index (κ3) is 6.34. The minimum atomic E-state index is -5.58. The summed E-state index contributed by atoms with van der Waals surface area (Å²) in [5.74, 6) is 0.165. The zero-order valence-electron chi connectivity index (χ0n) is 24.4. The van der Waals surface area contributed by atoms with Crippen molar-refractivity contribution in [3.8, 4) is 11.5 Å². The third-order valence-corrected chi connectivity index (χ3v) is 10.7. The number of amides is 2. The van der Waals surface area contributed by atoms with Crippen molar-refractivity contribution in [2.24, 2.45) is 23.7 Å². The molecule has 2 bridgehead atoms. The second-order valence-corrected chi connectivity index (χ2v) is 14.1. The number of methoxy groups -OCH3 is 1. The number of hydrogen-bond acceptors (Lipinski definition) is 6. The molecule has 2 aromatic carbocycles. The van der Waals surface area contributed by atoms with E-state index in [0.717, 1.165) is 68.7 Å². The summed E-state index contributed by atoms with van der Waals surface area (Å²) in [5, 5.41) is 5.65. The van der Waals surface area contributed by atoms with Crippen molar-refractivity contribution >= 4 is 27.3 Å². The van der Waals surface area contributed by atoms with Crippen LogP contribution in [0, 0.1) is 30.6 Å². The molecule has 3 fully saturated rings. The van der Waals surface area contributed by atoms with Crippen molar-refractivity contribution in [1.82, 2.24) is 5.32 Å². The number of ether oxygens (including phenoxy) is 2. The van der Waals surface area contributed by atoms with E-state index in [2.05, 4.69) is 17.6 Å². The van der Waals surface area contributed by atoms with E-state index in [4.69, 9.17) is 9.47 Å². The summed E-state index contributed by atoms with van der Waals surface area (Å²) in [5.41, 5.74) is -4.40. The van der Waals surface area contributed by atoms with E-state index in [9.17, 15) is 31.2 Å². The molecule has 2 N–H and O–H groups in total. The van der Waals surface area contributed by atoms with Gasteiger partial charge in [0.15, 0.2) is 0 Å². The third-order valence-electron chi connectivity index (χ3n) is 9.23. The zero-order chi connectivity index (χ0) is 31.1. The van der Waals surface area contributed by atoms with Gasteiger partial charge in [0.25, 0.3) is 15.7 Å². The summed E-state index contributed by atoms with van der Waals surface area (Å²) in [6.07, 6.45) is 6.48. The fourth-order valence-electron chi connectivity index (χ4n) is 6.87. The molecular weight excluding hydrogens is 585 g/mol. The van der Waals surface area contributed by atoms with Crippen LogP contribution in [0.15, 0.2) is 41.3 Å². The smallest absolute Gasteiger partial charge is 0.496 e. The Bertz CT molecular complexity index is 1490. The van der Waals surface area contributed by atoms with E-state index in [0.29, 0.717) is 23.0 Å². The second-order valence-electron chi connectivity index (χ2n) is 12.1. The molecule has 3 aliphatic rings. The number of rotatable bonds is 8. The topological polar surface area (TPSA) is 111 Å². The van der Waals surface area contributed by atoms with E-state index < -0.39 is 44.0 Å².